The highest BCUT2D eigenvalue weighted by Gasteiger charge is 2.61. The van der Waals surface area contributed by atoms with E-state index >= 15 is 0 Å². The zero-order valence-corrected chi connectivity index (χ0v) is 21.3. The van der Waals surface area contributed by atoms with Crippen LogP contribution < -0.4 is 0 Å². The molecule has 35 heavy (non-hydrogen) atoms. The minimum absolute atomic E-state index is 0.00302. The molecule has 0 heterocycles. The van der Waals surface area contributed by atoms with Crippen molar-refractivity contribution >= 4 is 17.7 Å². The minimum atomic E-state index is -4.75. The minimum Gasteiger partial charge on any atom is -0.463 e. The molecule has 9 atom stereocenters. The van der Waals surface area contributed by atoms with Crippen molar-refractivity contribution < 1.29 is 37.0 Å². The molecule has 8 heteroatoms. The standard InChI is InChI=1S/C27H39F3O5/c1-15(31)34-18-9-11-25(3)17(13-18)5-6-19-20-7-8-22(26(20,4)12-10-21(19)25)23(33)14-24(27(28,29)30)35-16(2)32/h17-22,24H,5-14H2,1-4H3/t17-,18-,19+,20+,21+,22-,24+,25+,26+/m1/s1. The monoisotopic (exact) mass is 500 g/mol. The molecule has 5 nitrogen and oxygen atoms in total. The van der Waals surface area contributed by atoms with Gasteiger partial charge in [0.15, 0.2) is 0 Å². The van der Waals surface area contributed by atoms with Gasteiger partial charge in [0, 0.05) is 19.8 Å². The van der Waals surface area contributed by atoms with Crippen molar-refractivity contribution in [2.24, 2.45) is 40.4 Å². The molecule has 0 amide bonds. The van der Waals surface area contributed by atoms with Gasteiger partial charge in [-0.3, -0.25) is 14.4 Å². The fourth-order valence-corrected chi connectivity index (χ4v) is 8.84. The summed E-state index contributed by atoms with van der Waals surface area (Å²) in [5, 5.41) is 0. The number of hydrogen-bond acceptors (Lipinski definition) is 5. The van der Waals surface area contributed by atoms with Crippen LogP contribution in [0.5, 0.6) is 0 Å². The Kier molecular flexibility index (Phi) is 7.08. The molecule has 0 bridgehead atoms. The Hall–Kier alpha value is -1.60. The molecule has 4 fully saturated rings. The maximum absolute atomic E-state index is 13.4. The van der Waals surface area contributed by atoms with Gasteiger partial charge >= 0.3 is 18.1 Å². The summed E-state index contributed by atoms with van der Waals surface area (Å²) in [5.74, 6) is -0.217. The van der Waals surface area contributed by atoms with E-state index in [-0.39, 0.29) is 22.9 Å². The molecule has 0 aromatic carbocycles. The SMILES string of the molecule is CC(=O)O[C@@H]1CC[C@@]2(C)[C@H](CC[C@@H]3[C@@H]2CC[C@]2(C)[C@@H](C(=O)C[C@H](OC(C)=O)C(F)(F)F)CC[C@@H]32)C1. The molecule has 198 valence electrons. The van der Waals surface area contributed by atoms with Crippen LogP contribution in [0.2, 0.25) is 0 Å². The highest BCUT2D eigenvalue weighted by molar-refractivity contribution is 5.83. The second-order valence-corrected chi connectivity index (χ2v) is 12.1. The van der Waals surface area contributed by atoms with Crippen molar-refractivity contribution in [2.45, 2.75) is 110 Å². The largest absolute Gasteiger partial charge is 0.463 e. The number of esters is 2. The van der Waals surface area contributed by atoms with Crippen LogP contribution in [0.15, 0.2) is 0 Å². The lowest BCUT2D eigenvalue weighted by Crippen LogP contribution is -2.54. The summed E-state index contributed by atoms with van der Waals surface area (Å²) in [4.78, 5) is 35.9. The van der Waals surface area contributed by atoms with Crippen molar-refractivity contribution in [2.75, 3.05) is 0 Å². The molecule has 0 N–H and O–H groups in total. The van der Waals surface area contributed by atoms with E-state index in [9.17, 15) is 27.6 Å². The first-order valence-electron chi connectivity index (χ1n) is 13.2. The molecular formula is C27H39F3O5. The van der Waals surface area contributed by atoms with Gasteiger partial charge in [-0.1, -0.05) is 13.8 Å². The van der Waals surface area contributed by atoms with Crippen LogP contribution in [0.4, 0.5) is 13.2 Å². The molecule has 4 saturated carbocycles. The number of Topliss-reactive ketones (excluding diaryl/α,β-unsaturated/α-hetero) is 1. The van der Waals surface area contributed by atoms with Gasteiger partial charge in [0.05, 0.1) is 6.42 Å². The van der Waals surface area contributed by atoms with Crippen molar-refractivity contribution in [1.29, 1.82) is 0 Å². The number of rotatable bonds is 5. The van der Waals surface area contributed by atoms with E-state index in [1.54, 1.807) is 0 Å². The fraction of sp³-hybridized carbons (Fsp3) is 0.889. The van der Waals surface area contributed by atoms with E-state index in [0.717, 1.165) is 58.3 Å². The van der Waals surface area contributed by atoms with Crippen molar-refractivity contribution in [1.82, 2.24) is 0 Å². The van der Waals surface area contributed by atoms with Gasteiger partial charge < -0.3 is 9.47 Å². The summed E-state index contributed by atoms with van der Waals surface area (Å²) in [6.07, 6.45) is 0.365. The number of carbonyl (C=O) groups is 3. The van der Waals surface area contributed by atoms with Crippen molar-refractivity contribution in [3.8, 4) is 0 Å². The lowest BCUT2D eigenvalue weighted by molar-refractivity contribution is -0.221. The molecule has 4 aliphatic carbocycles. The molecule has 4 aliphatic rings. The van der Waals surface area contributed by atoms with Crippen molar-refractivity contribution in [3.05, 3.63) is 0 Å². The highest BCUT2D eigenvalue weighted by Crippen LogP contribution is 2.67. The van der Waals surface area contributed by atoms with Crippen LogP contribution >= 0.6 is 0 Å². The third-order valence-corrected chi connectivity index (χ3v) is 10.4. The summed E-state index contributed by atoms with van der Waals surface area (Å²) < 4.78 is 50.3. The predicted octanol–water partition coefficient (Wildman–Crippen LogP) is 6.03. The molecule has 0 aliphatic heterocycles. The Bertz CT molecular complexity index is 856. The smallest absolute Gasteiger partial charge is 0.425 e. The second-order valence-electron chi connectivity index (χ2n) is 12.1. The van der Waals surface area contributed by atoms with E-state index < -0.39 is 36.4 Å². The number of hydrogen-bond donors (Lipinski definition) is 0. The number of ketones is 1. The summed E-state index contributed by atoms with van der Waals surface area (Å²) in [7, 11) is 0. The van der Waals surface area contributed by atoms with Gasteiger partial charge in [0.2, 0.25) is 6.10 Å². The number of alkyl halides is 3. The molecule has 4 rings (SSSR count). The topological polar surface area (TPSA) is 69.7 Å². The molecular weight excluding hydrogens is 461 g/mol. The van der Waals surface area contributed by atoms with Crippen LogP contribution in [0.25, 0.3) is 0 Å². The van der Waals surface area contributed by atoms with E-state index in [0.29, 0.717) is 30.1 Å². The van der Waals surface area contributed by atoms with Crippen LogP contribution in [0.1, 0.15) is 91.9 Å². The first-order chi connectivity index (χ1) is 16.3. The molecule has 0 saturated heterocycles. The molecule has 0 aromatic rings. The van der Waals surface area contributed by atoms with Gasteiger partial charge in [-0.2, -0.15) is 13.2 Å². The summed E-state index contributed by atoms with van der Waals surface area (Å²) >= 11 is 0. The third-order valence-electron chi connectivity index (χ3n) is 10.4. The van der Waals surface area contributed by atoms with E-state index in [2.05, 4.69) is 18.6 Å². The highest BCUT2D eigenvalue weighted by atomic mass is 19.4. The van der Waals surface area contributed by atoms with Gasteiger partial charge in [-0.05, 0) is 92.3 Å². The quantitative estimate of drug-likeness (QED) is 0.431. The molecule has 0 aromatic heterocycles. The number of ether oxygens (including phenoxy) is 2. The zero-order valence-electron chi connectivity index (χ0n) is 21.3. The third kappa shape index (κ3) is 4.87. The van der Waals surface area contributed by atoms with E-state index in [1.165, 1.54) is 6.92 Å². The lowest BCUT2D eigenvalue weighted by Gasteiger charge is -2.61. The second kappa shape index (κ2) is 9.37. The van der Waals surface area contributed by atoms with E-state index in [1.807, 2.05) is 0 Å². The Morgan fingerprint density at radius 1 is 0.886 bits per heavy atom. The number of halogens is 3. The van der Waals surface area contributed by atoms with Gasteiger partial charge in [-0.15, -0.1) is 0 Å². The summed E-state index contributed by atoms with van der Waals surface area (Å²) in [6.45, 7) is 6.91. The molecule has 0 spiro atoms. The van der Waals surface area contributed by atoms with Gasteiger partial charge in [-0.25, -0.2) is 0 Å². The Morgan fingerprint density at radius 2 is 1.54 bits per heavy atom. The lowest BCUT2D eigenvalue weighted by atomic mass is 9.44. The van der Waals surface area contributed by atoms with Gasteiger partial charge in [0.25, 0.3) is 0 Å². The zero-order chi connectivity index (χ0) is 25.8. The Labute approximate surface area is 205 Å². The Balaban J connectivity index is 1.47. The van der Waals surface area contributed by atoms with Crippen LogP contribution in [-0.4, -0.2) is 36.1 Å². The van der Waals surface area contributed by atoms with Gasteiger partial charge in [0.1, 0.15) is 11.9 Å². The first-order valence-corrected chi connectivity index (χ1v) is 13.2. The molecule has 0 unspecified atom stereocenters. The summed E-state index contributed by atoms with van der Waals surface area (Å²) in [5.41, 5.74) is -0.123. The average Bonchev–Trinajstić information content (AvgIpc) is 3.09. The summed E-state index contributed by atoms with van der Waals surface area (Å²) in [6, 6.07) is 0. The van der Waals surface area contributed by atoms with Crippen molar-refractivity contribution in [3.63, 3.8) is 0 Å². The average molecular weight is 501 g/mol. The normalized spacial score (nSPS) is 41.7. The number of fused-ring (bicyclic) bond motifs is 5. The van der Waals surface area contributed by atoms with Crippen LogP contribution in [-0.2, 0) is 23.9 Å². The van der Waals surface area contributed by atoms with Crippen LogP contribution in [0.3, 0.4) is 0 Å². The maximum Gasteiger partial charge on any atom is 0.425 e. The first kappa shape index (κ1) is 26.5. The maximum atomic E-state index is 13.4. The molecule has 0 radical (unpaired) electrons. The predicted molar refractivity (Wildman–Crippen MR) is 122 cm³/mol. The fourth-order valence-electron chi connectivity index (χ4n) is 8.84. The Morgan fingerprint density at radius 3 is 2.17 bits per heavy atom. The number of carbonyl (C=O) groups excluding carboxylic acids is 3. The van der Waals surface area contributed by atoms with E-state index in [4.69, 9.17) is 4.74 Å². The van der Waals surface area contributed by atoms with Crippen LogP contribution in [0, 0.1) is 40.4 Å².